The van der Waals surface area contributed by atoms with Crippen molar-refractivity contribution in [2.24, 2.45) is 12.9 Å². The van der Waals surface area contributed by atoms with E-state index in [-0.39, 0.29) is 6.04 Å². The molecule has 1 aliphatic carbocycles. The van der Waals surface area contributed by atoms with Crippen LogP contribution < -0.4 is 11.3 Å². The standard InChI is InChI=1S/C15H20N4/c1-19-14(9-10-17-19)15(18-16)13-8-4-6-11-5-2-3-7-12(11)13/h2-3,5,7,9-10,13,15,18H,4,6,8,16H2,1H3. The molecule has 3 rings (SSSR count). The lowest BCUT2D eigenvalue weighted by Gasteiger charge is -2.32. The molecule has 1 aromatic carbocycles. The predicted octanol–water partition coefficient (Wildman–Crippen LogP) is 2.04. The van der Waals surface area contributed by atoms with E-state index in [0.29, 0.717) is 5.92 Å². The second-order valence-corrected chi connectivity index (χ2v) is 5.22. The SMILES string of the molecule is Cn1nccc1C(NN)C1CCCc2ccccc21. The van der Waals surface area contributed by atoms with E-state index in [9.17, 15) is 0 Å². The minimum Gasteiger partial charge on any atom is -0.271 e. The van der Waals surface area contributed by atoms with Gasteiger partial charge >= 0.3 is 0 Å². The van der Waals surface area contributed by atoms with E-state index >= 15 is 0 Å². The molecule has 0 saturated heterocycles. The number of aromatic nitrogens is 2. The molecule has 0 radical (unpaired) electrons. The molecule has 19 heavy (non-hydrogen) atoms. The first-order valence-electron chi connectivity index (χ1n) is 6.83. The first kappa shape index (κ1) is 12.4. The van der Waals surface area contributed by atoms with Gasteiger partial charge in [-0.1, -0.05) is 24.3 Å². The number of hydrogen-bond acceptors (Lipinski definition) is 3. The second-order valence-electron chi connectivity index (χ2n) is 5.22. The van der Waals surface area contributed by atoms with Crippen LogP contribution in [0.4, 0.5) is 0 Å². The zero-order valence-corrected chi connectivity index (χ0v) is 11.2. The van der Waals surface area contributed by atoms with Crippen molar-refractivity contribution in [1.29, 1.82) is 0 Å². The number of nitrogens with one attached hydrogen (secondary N) is 1. The maximum Gasteiger partial charge on any atom is 0.0697 e. The fourth-order valence-corrected chi connectivity index (χ4v) is 3.23. The summed E-state index contributed by atoms with van der Waals surface area (Å²) in [6.45, 7) is 0. The monoisotopic (exact) mass is 256 g/mol. The van der Waals surface area contributed by atoms with Crippen LogP contribution >= 0.6 is 0 Å². The quantitative estimate of drug-likeness (QED) is 0.652. The highest BCUT2D eigenvalue weighted by Gasteiger charge is 2.29. The molecule has 4 heteroatoms. The van der Waals surface area contributed by atoms with Gasteiger partial charge in [0.25, 0.3) is 0 Å². The number of aryl methyl sites for hydroxylation is 2. The molecule has 0 bridgehead atoms. The number of rotatable bonds is 3. The van der Waals surface area contributed by atoms with Crippen LogP contribution in [0.2, 0.25) is 0 Å². The number of hydrazine groups is 1. The summed E-state index contributed by atoms with van der Waals surface area (Å²) in [4.78, 5) is 0. The van der Waals surface area contributed by atoms with Crippen molar-refractivity contribution >= 4 is 0 Å². The van der Waals surface area contributed by atoms with Crippen LogP contribution in [0.25, 0.3) is 0 Å². The number of nitrogens with zero attached hydrogens (tertiary/aromatic N) is 2. The van der Waals surface area contributed by atoms with Gasteiger partial charge in [0.2, 0.25) is 0 Å². The van der Waals surface area contributed by atoms with Gasteiger partial charge < -0.3 is 0 Å². The van der Waals surface area contributed by atoms with E-state index < -0.39 is 0 Å². The average molecular weight is 256 g/mol. The third kappa shape index (κ3) is 2.17. The van der Waals surface area contributed by atoms with Gasteiger partial charge in [0, 0.05) is 19.2 Å². The zero-order valence-electron chi connectivity index (χ0n) is 11.2. The van der Waals surface area contributed by atoms with Gasteiger partial charge in [-0.25, -0.2) is 0 Å². The van der Waals surface area contributed by atoms with Gasteiger partial charge in [-0.05, 0) is 36.5 Å². The predicted molar refractivity (Wildman–Crippen MR) is 75.4 cm³/mol. The van der Waals surface area contributed by atoms with Crippen molar-refractivity contribution < 1.29 is 0 Å². The molecular formula is C15H20N4. The first-order valence-corrected chi connectivity index (χ1v) is 6.83. The van der Waals surface area contributed by atoms with E-state index in [1.807, 2.05) is 24.0 Å². The Kier molecular flexibility index (Phi) is 3.36. The Morgan fingerprint density at radius 3 is 2.95 bits per heavy atom. The Morgan fingerprint density at radius 1 is 1.37 bits per heavy atom. The Bertz CT molecular complexity index is 561. The van der Waals surface area contributed by atoms with E-state index in [0.717, 1.165) is 12.1 Å². The summed E-state index contributed by atoms with van der Waals surface area (Å²) < 4.78 is 1.90. The lowest BCUT2D eigenvalue weighted by atomic mass is 9.78. The number of hydrogen-bond donors (Lipinski definition) is 2. The van der Waals surface area contributed by atoms with Crippen LogP contribution in [-0.4, -0.2) is 9.78 Å². The van der Waals surface area contributed by atoms with Gasteiger partial charge in [0.1, 0.15) is 0 Å². The molecule has 1 aliphatic rings. The van der Waals surface area contributed by atoms with Crippen molar-refractivity contribution in [1.82, 2.24) is 15.2 Å². The molecule has 0 fully saturated rings. The van der Waals surface area contributed by atoms with Crippen molar-refractivity contribution in [2.75, 3.05) is 0 Å². The highest BCUT2D eigenvalue weighted by Crippen LogP contribution is 2.39. The molecule has 1 aromatic heterocycles. The summed E-state index contributed by atoms with van der Waals surface area (Å²) in [5.41, 5.74) is 7.03. The van der Waals surface area contributed by atoms with E-state index in [1.54, 1.807) is 0 Å². The Labute approximate surface area is 113 Å². The fourth-order valence-electron chi connectivity index (χ4n) is 3.23. The van der Waals surface area contributed by atoms with Crippen molar-refractivity contribution in [3.63, 3.8) is 0 Å². The second kappa shape index (κ2) is 5.15. The van der Waals surface area contributed by atoms with Crippen molar-refractivity contribution in [3.05, 3.63) is 53.3 Å². The molecule has 100 valence electrons. The minimum atomic E-state index is 0.119. The topological polar surface area (TPSA) is 55.9 Å². The molecule has 3 N–H and O–H groups in total. The van der Waals surface area contributed by atoms with Crippen LogP contribution in [0.1, 0.15) is 41.6 Å². The minimum absolute atomic E-state index is 0.119. The highest BCUT2D eigenvalue weighted by molar-refractivity contribution is 5.35. The van der Waals surface area contributed by atoms with E-state index in [1.165, 1.54) is 24.0 Å². The Morgan fingerprint density at radius 2 is 2.21 bits per heavy atom. The maximum absolute atomic E-state index is 5.83. The maximum atomic E-state index is 5.83. The molecule has 0 saturated carbocycles. The molecule has 0 spiro atoms. The summed E-state index contributed by atoms with van der Waals surface area (Å²) in [7, 11) is 1.97. The zero-order chi connectivity index (χ0) is 13.2. The number of benzene rings is 1. The lowest BCUT2D eigenvalue weighted by Crippen LogP contribution is -2.35. The summed E-state index contributed by atoms with van der Waals surface area (Å²) in [5.74, 6) is 6.25. The molecule has 1 heterocycles. The third-order valence-electron chi connectivity index (χ3n) is 4.18. The summed E-state index contributed by atoms with van der Waals surface area (Å²) >= 11 is 0. The largest absolute Gasteiger partial charge is 0.271 e. The van der Waals surface area contributed by atoms with Crippen molar-refractivity contribution in [2.45, 2.75) is 31.2 Å². The number of nitrogens with two attached hydrogens (primary N) is 1. The summed E-state index contributed by atoms with van der Waals surface area (Å²) in [5, 5.41) is 4.26. The normalized spacial score (nSPS) is 20.0. The van der Waals surface area contributed by atoms with Gasteiger partial charge in [0.05, 0.1) is 11.7 Å². The van der Waals surface area contributed by atoms with Gasteiger partial charge in [-0.2, -0.15) is 5.10 Å². The van der Waals surface area contributed by atoms with Gasteiger partial charge in [-0.15, -0.1) is 0 Å². The Balaban J connectivity index is 2.00. The Hall–Kier alpha value is -1.65. The molecule has 2 aromatic rings. The first-order chi connectivity index (χ1) is 9.31. The molecule has 0 amide bonds. The fraction of sp³-hybridized carbons (Fsp3) is 0.400. The average Bonchev–Trinajstić information content (AvgIpc) is 2.86. The lowest BCUT2D eigenvalue weighted by molar-refractivity contribution is 0.389. The molecule has 4 nitrogen and oxygen atoms in total. The molecule has 2 unspecified atom stereocenters. The molecule has 0 aliphatic heterocycles. The smallest absolute Gasteiger partial charge is 0.0697 e. The van der Waals surface area contributed by atoms with E-state index in [2.05, 4.69) is 34.8 Å². The van der Waals surface area contributed by atoms with Crippen LogP contribution in [0, 0.1) is 0 Å². The summed E-state index contributed by atoms with van der Waals surface area (Å²) in [6, 6.07) is 10.9. The third-order valence-corrected chi connectivity index (χ3v) is 4.18. The molecular weight excluding hydrogens is 236 g/mol. The summed E-state index contributed by atoms with van der Waals surface area (Å²) in [6.07, 6.45) is 5.39. The van der Waals surface area contributed by atoms with Crippen LogP contribution in [0.15, 0.2) is 36.5 Å². The van der Waals surface area contributed by atoms with Crippen molar-refractivity contribution in [3.8, 4) is 0 Å². The van der Waals surface area contributed by atoms with Crippen LogP contribution in [0.3, 0.4) is 0 Å². The van der Waals surface area contributed by atoms with Gasteiger partial charge in [-0.3, -0.25) is 16.0 Å². The van der Waals surface area contributed by atoms with E-state index in [4.69, 9.17) is 5.84 Å². The van der Waals surface area contributed by atoms with Crippen LogP contribution in [-0.2, 0) is 13.5 Å². The molecule has 2 atom stereocenters. The highest BCUT2D eigenvalue weighted by atomic mass is 15.3. The van der Waals surface area contributed by atoms with Crippen LogP contribution in [0.5, 0.6) is 0 Å². The number of fused-ring (bicyclic) bond motifs is 1. The van der Waals surface area contributed by atoms with Gasteiger partial charge in [0.15, 0.2) is 0 Å².